The van der Waals surface area contributed by atoms with Crippen LogP contribution in [0.3, 0.4) is 0 Å². The first-order valence-electron chi connectivity index (χ1n) is 5.86. The highest BCUT2D eigenvalue weighted by atomic mass is 35.5. The van der Waals surface area contributed by atoms with Gasteiger partial charge >= 0.3 is 0 Å². The molecular formula is C13H12ClN3O. The number of aryl methyl sites for hydroxylation is 1. The van der Waals surface area contributed by atoms with Crippen LogP contribution >= 0.6 is 11.6 Å². The second-order valence-corrected chi connectivity index (χ2v) is 4.41. The number of fused-ring (bicyclic) bond motifs is 1. The van der Waals surface area contributed by atoms with Gasteiger partial charge in [-0.1, -0.05) is 6.92 Å². The lowest BCUT2D eigenvalue weighted by Gasteiger charge is -2.04. The molecule has 0 unspecified atom stereocenters. The Balaban J connectivity index is 2.24. The van der Waals surface area contributed by atoms with Gasteiger partial charge in [0.2, 0.25) is 0 Å². The quantitative estimate of drug-likeness (QED) is 0.721. The van der Waals surface area contributed by atoms with E-state index >= 15 is 0 Å². The van der Waals surface area contributed by atoms with E-state index in [4.69, 9.17) is 16.0 Å². The van der Waals surface area contributed by atoms with Gasteiger partial charge in [0.25, 0.3) is 0 Å². The fraction of sp³-hybridized carbons (Fsp3) is 0.231. The molecular weight excluding hydrogens is 250 g/mol. The van der Waals surface area contributed by atoms with E-state index in [-0.39, 0.29) is 0 Å². The van der Waals surface area contributed by atoms with E-state index in [0.29, 0.717) is 11.0 Å². The number of hydrogen-bond acceptors (Lipinski definition) is 3. The summed E-state index contributed by atoms with van der Waals surface area (Å²) in [5.74, 6) is 1.45. The minimum absolute atomic E-state index is 0.369. The molecule has 0 N–H and O–H groups in total. The van der Waals surface area contributed by atoms with Crippen LogP contribution in [0.2, 0.25) is 5.22 Å². The predicted molar refractivity (Wildman–Crippen MR) is 70.5 cm³/mol. The molecule has 0 aliphatic carbocycles. The summed E-state index contributed by atoms with van der Waals surface area (Å²) in [6.07, 6.45) is 2.78. The van der Waals surface area contributed by atoms with Gasteiger partial charge in [-0.05, 0) is 42.3 Å². The third-order valence-corrected chi connectivity index (χ3v) is 2.95. The molecule has 0 aliphatic heterocycles. The van der Waals surface area contributed by atoms with Crippen LogP contribution in [-0.4, -0.2) is 14.5 Å². The number of aromatic nitrogens is 3. The van der Waals surface area contributed by atoms with Crippen LogP contribution in [0.5, 0.6) is 0 Å². The van der Waals surface area contributed by atoms with Gasteiger partial charge in [0.05, 0.1) is 0 Å². The molecule has 3 aromatic rings. The molecule has 0 saturated heterocycles. The van der Waals surface area contributed by atoms with Crippen LogP contribution in [0.15, 0.2) is 34.9 Å². The summed E-state index contributed by atoms with van der Waals surface area (Å²) < 4.78 is 7.50. The van der Waals surface area contributed by atoms with E-state index in [1.165, 1.54) is 0 Å². The molecule has 0 atom stereocenters. The van der Waals surface area contributed by atoms with Crippen LogP contribution in [0.1, 0.15) is 13.3 Å². The Kier molecular flexibility index (Phi) is 2.80. The van der Waals surface area contributed by atoms with E-state index < -0.39 is 0 Å². The average molecular weight is 262 g/mol. The molecule has 5 heteroatoms. The standard InChI is InChI=1S/C13H12ClN3O/c1-2-8-17-12-9(4-3-7-15-12)16-13(17)10-5-6-11(14)18-10/h3-7H,2,8H2,1H3. The summed E-state index contributed by atoms with van der Waals surface area (Å²) in [6.45, 7) is 2.97. The highest BCUT2D eigenvalue weighted by molar-refractivity contribution is 6.28. The molecule has 3 rings (SSSR count). The smallest absolute Gasteiger partial charge is 0.194 e. The molecule has 4 nitrogen and oxygen atoms in total. The first-order chi connectivity index (χ1) is 8.79. The fourth-order valence-electron chi connectivity index (χ4n) is 2.02. The van der Waals surface area contributed by atoms with Crippen molar-refractivity contribution in [3.05, 3.63) is 35.7 Å². The van der Waals surface area contributed by atoms with Crippen LogP contribution in [0.25, 0.3) is 22.7 Å². The minimum atomic E-state index is 0.369. The highest BCUT2D eigenvalue weighted by Crippen LogP contribution is 2.27. The van der Waals surface area contributed by atoms with Crippen LogP contribution in [-0.2, 0) is 6.54 Å². The van der Waals surface area contributed by atoms with Gasteiger partial charge in [-0.25, -0.2) is 9.97 Å². The molecule has 0 saturated carbocycles. The van der Waals surface area contributed by atoms with Gasteiger partial charge in [0.15, 0.2) is 22.5 Å². The lowest BCUT2D eigenvalue weighted by molar-refractivity contribution is 0.570. The van der Waals surface area contributed by atoms with E-state index in [9.17, 15) is 0 Å². The lowest BCUT2D eigenvalue weighted by atomic mass is 10.4. The first kappa shape index (κ1) is 11.3. The molecule has 92 valence electrons. The van der Waals surface area contributed by atoms with Crippen molar-refractivity contribution in [3.8, 4) is 11.6 Å². The van der Waals surface area contributed by atoms with Gasteiger partial charge in [-0.15, -0.1) is 0 Å². The summed E-state index contributed by atoms with van der Waals surface area (Å²) in [5, 5.41) is 0.369. The number of imidazole rings is 1. The van der Waals surface area contributed by atoms with Crippen LogP contribution in [0.4, 0.5) is 0 Å². The van der Waals surface area contributed by atoms with Gasteiger partial charge in [-0.3, -0.25) is 0 Å². The Labute approximate surface area is 109 Å². The number of furan rings is 1. The Morgan fingerprint density at radius 3 is 2.94 bits per heavy atom. The number of pyridine rings is 1. The topological polar surface area (TPSA) is 43.9 Å². The molecule has 3 heterocycles. The van der Waals surface area contributed by atoms with Crippen LogP contribution in [0, 0.1) is 0 Å². The summed E-state index contributed by atoms with van der Waals surface area (Å²) in [6, 6.07) is 7.38. The maximum Gasteiger partial charge on any atom is 0.194 e. The molecule has 0 bridgehead atoms. The SMILES string of the molecule is CCCn1c(-c2ccc(Cl)o2)nc2cccnc21. The van der Waals surface area contributed by atoms with E-state index in [2.05, 4.69) is 21.5 Å². The lowest BCUT2D eigenvalue weighted by Crippen LogP contribution is -2.00. The summed E-state index contributed by atoms with van der Waals surface area (Å²) in [4.78, 5) is 8.94. The molecule has 0 aromatic carbocycles. The zero-order valence-electron chi connectivity index (χ0n) is 9.93. The summed E-state index contributed by atoms with van der Waals surface area (Å²) in [7, 11) is 0. The zero-order chi connectivity index (χ0) is 12.5. The molecule has 0 spiro atoms. The third kappa shape index (κ3) is 1.78. The monoisotopic (exact) mass is 261 g/mol. The molecule has 0 radical (unpaired) electrons. The normalized spacial score (nSPS) is 11.2. The number of nitrogens with zero attached hydrogens (tertiary/aromatic N) is 3. The highest BCUT2D eigenvalue weighted by Gasteiger charge is 2.15. The summed E-state index contributed by atoms with van der Waals surface area (Å²) >= 11 is 5.82. The van der Waals surface area contributed by atoms with Crippen LogP contribution < -0.4 is 0 Å². The van der Waals surface area contributed by atoms with Crippen molar-refractivity contribution in [3.63, 3.8) is 0 Å². The second kappa shape index (κ2) is 4.46. The first-order valence-corrected chi connectivity index (χ1v) is 6.24. The van der Waals surface area contributed by atoms with Gasteiger partial charge in [0, 0.05) is 12.7 Å². The van der Waals surface area contributed by atoms with Crippen molar-refractivity contribution in [2.45, 2.75) is 19.9 Å². The Bertz CT molecular complexity index is 686. The number of halogens is 1. The zero-order valence-corrected chi connectivity index (χ0v) is 10.7. The Morgan fingerprint density at radius 2 is 2.22 bits per heavy atom. The van der Waals surface area contributed by atoms with Crippen molar-refractivity contribution < 1.29 is 4.42 Å². The minimum Gasteiger partial charge on any atom is -0.441 e. The van der Waals surface area contributed by atoms with Crippen molar-refractivity contribution >= 4 is 22.8 Å². The molecule has 18 heavy (non-hydrogen) atoms. The van der Waals surface area contributed by atoms with Crippen molar-refractivity contribution in [2.75, 3.05) is 0 Å². The number of rotatable bonds is 3. The van der Waals surface area contributed by atoms with Crippen molar-refractivity contribution in [1.82, 2.24) is 14.5 Å². The molecule has 0 fully saturated rings. The average Bonchev–Trinajstić information content (AvgIpc) is 2.95. The Hall–Kier alpha value is -1.81. The Morgan fingerprint density at radius 1 is 1.33 bits per heavy atom. The van der Waals surface area contributed by atoms with E-state index in [1.54, 1.807) is 12.3 Å². The van der Waals surface area contributed by atoms with Gasteiger partial charge in [-0.2, -0.15) is 0 Å². The molecule has 0 amide bonds. The third-order valence-electron chi connectivity index (χ3n) is 2.74. The van der Waals surface area contributed by atoms with E-state index in [1.807, 2.05) is 18.2 Å². The maximum atomic E-state index is 5.82. The maximum absolute atomic E-state index is 5.82. The van der Waals surface area contributed by atoms with Crippen molar-refractivity contribution in [2.24, 2.45) is 0 Å². The van der Waals surface area contributed by atoms with Crippen molar-refractivity contribution in [1.29, 1.82) is 0 Å². The van der Waals surface area contributed by atoms with Gasteiger partial charge in [0.1, 0.15) is 5.52 Å². The largest absolute Gasteiger partial charge is 0.441 e. The molecule has 3 aromatic heterocycles. The number of hydrogen-bond donors (Lipinski definition) is 0. The fourth-order valence-corrected chi connectivity index (χ4v) is 2.16. The molecule has 0 aliphatic rings. The second-order valence-electron chi connectivity index (χ2n) is 4.04. The predicted octanol–water partition coefficient (Wildman–Crippen LogP) is 3.75. The van der Waals surface area contributed by atoms with Gasteiger partial charge < -0.3 is 8.98 Å². The summed E-state index contributed by atoms with van der Waals surface area (Å²) in [5.41, 5.74) is 1.75. The van der Waals surface area contributed by atoms with E-state index in [0.717, 1.165) is 30.0 Å².